The molecule has 2 amide bonds. The molecule has 2 N–H and O–H groups in total. The van der Waals surface area contributed by atoms with Crippen LogP contribution in [0.15, 0.2) is 36.4 Å². The summed E-state index contributed by atoms with van der Waals surface area (Å²) in [4.78, 5) is 42.1. The summed E-state index contributed by atoms with van der Waals surface area (Å²) in [6, 6.07) is 11.0. The summed E-state index contributed by atoms with van der Waals surface area (Å²) in [6.07, 6.45) is 4.55. The van der Waals surface area contributed by atoms with Gasteiger partial charge in [0.25, 0.3) is 0 Å². The number of likely N-dealkylation sites (tertiary alicyclic amines) is 2. The number of hydrogen-bond acceptors (Lipinski definition) is 5. The number of anilines is 2. The zero-order valence-corrected chi connectivity index (χ0v) is 18.2. The van der Waals surface area contributed by atoms with E-state index in [4.69, 9.17) is 0 Å². The van der Waals surface area contributed by atoms with Crippen LogP contribution in [-0.2, 0) is 9.59 Å². The standard InChI is InChI=1S/C25H28N4O3/c30-23(15-28-9-1-2-10-28)26-17-5-7-19-20-8-6-18(14-22(20)25(32)21(19)13-17)27-24(31)16-29-11-3-4-12-29/h5-8,13-14H,1-4,9-12,15-16H2,(H,26,30)(H,27,31). The fourth-order valence-corrected chi connectivity index (χ4v) is 4.92. The molecule has 0 unspecified atom stereocenters. The second-order valence-electron chi connectivity index (χ2n) is 8.91. The maximum Gasteiger partial charge on any atom is 0.238 e. The van der Waals surface area contributed by atoms with Crippen LogP contribution in [0.2, 0.25) is 0 Å². The van der Waals surface area contributed by atoms with Crippen LogP contribution in [-0.4, -0.2) is 66.7 Å². The van der Waals surface area contributed by atoms with Crippen LogP contribution in [0, 0.1) is 0 Å². The Balaban J connectivity index is 1.27. The third-order valence-corrected chi connectivity index (χ3v) is 6.52. The van der Waals surface area contributed by atoms with Gasteiger partial charge in [0.2, 0.25) is 11.8 Å². The molecule has 0 bridgehead atoms. The van der Waals surface area contributed by atoms with E-state index in [-0.39, 0.29) is 17.6 Å². The second kappa shape index (κ2) is 8.84. The van der Waals surface area contributed by atoms with Gasteiger partial charge in [0.05, 0.1) is 13.1 Å². The predicted molar refractivity (Wildman–Crippen MR) is 124 cm³/mol. The predicted octanol–water partition coefficient (Wildman–Crippen LogP) is 2.97. The molecule has 2 heterocycles. The Morgan fingerprint density at radius 3 is 1.47 bits per heavy atom. The van der Waals surface area contributed by atoms with Crippen LogP contribution in [0.5, 0.6) is 0 Å². The van der Waals surface area contributed by atoms with Gasteiger partial charge in [0.1, 0.15) is 0 Å². The summed E-state index contributed by atoms with van der Waals surface area (Å²) in [5.74, 6) is -0.197. The number of ketones is 1. The minimum atomic E-state index is -0.0821. The lowest BCUT2D eigenvalue weighted by Crippen LogP contribution is -2.30. The molecule has 3 aliphatic rings. The summed E-state index contributed by atoms with van der Waals surface area (Å²) < 4.78 is 0. The zero-order valence-electron chi connectivity index (χ0n) is 18.2. The van der Waals surface area contributed by atoms with Crippen LogP contribution in [0.3, 0.4) is 0 Å². The first kappa shape index (κ1) is 20.8. The number of carbonyl (C=O) groups excluding carboxylic acids is 3. The van der Waals surface area contributed by atoms with Crippen molar-refractivity contribution < 1.29 is 14.4 Å². The number of rotatable bonds is 6. The van der Waals surface area contributed by atoms with Crippen molar-refractivity contribution in [3.05, 3.63) is 47.5 Å². The van der Waals surface area contributed by atoms with Gasteiger partial charge in [-0.05, 0) is 87.3 Å². The minimum absolute atomic E-state index is 0.0576. The van der Waals surface area contributed by atoms with E-state index in [1.54, 1.807) is 12.1 Å². The Hall–Kier alpha value is -3.03. The highest BCUT2D eigenvalue weighted by Crippen LogP contribution is 2.39. The van der Waals surface area contributed by atoms with E-state index in [9.17, 15) is 14.4 Å². The zero-order chi connectivity index (χ0) is 22.1. The molecule has 0 spiro atoms. The van der Waals surface area contributed by atoms with Crippen LogP contribution in [0.25, 0.3) is 11.1 Å². The molecule has 32 heavy (non-hydrogen) atoms. The summed E-state index contributed by atoms with van der Waals surface area (Å²) >= 11 is 0. The van der Waals surface area contributed by atoms with Gasteiger partial charge in [0.15, 0.2) is 5.78 Å². The van der Waals surface area contributed by atoms with E-state index in [2.05, 4.69) is 20.4 Å². The lowest BCUT2D eigenvalue weighted by Gasteiger charge is -2.14. The number of nitrogens with one attached hydrogen (secondary N) is 2. The first-order valence-corrected chi connectivity index (χ1v) is 11.4. The van der Waals surface area contributed by atoms with Crippen molar-refractivity contribution in [2.45, 2.75) is 25.7 Å². The van der Waals surface area contributed by atoms with Gasteiger partial charge in [-0.1, -0.05) is 12.1 Å². The average Bonchev–Trinajstić information content (AvgIpc) is 3.51. The second-order valence-corrected chi connectivity index (χ2v) is 8.91. The number of carbonyl (C=O) groups is 3. The molecule has 2 aromatic rings. The first-order valence-electron chi connectivity index (χ1n) is 11.4. The Bertz CT molecular complexity index is 985. The van der Waals surface area contributed by atoms with Crippen LogP contribution < -0.4 is 10.6 Å². The SMILES string of the molecule is O=C(CN1CCCC1)Nc1ccc2c(c1)C(=O)c1cc(NC(=O)CN3CCCC3)ccc1-2. The van der Waals surface area contributed by atoms with Crippen molar-refractivity contribution in [2.75, 3.05) is 49.9 Å². The highest BCUT2D eigenvalue weighted by molar-refractivity contribution is 6.22. The summed E-state index contributed by atoms with van der Waals surface area (Å²) in [6.45, 7) is 4.60. The number of fused-ring (bicyclic) bond motifs is 3. The van der Waals surface area contributed by atoms with Gasteiger partial charge >= 0.3 is 0 Å². The van der Waals surface area contributed by atoms with Gasteiger partial charge in [0, 0.05) is 22.5 Å². The number of benzene rings is 2. The molecule has 2 fully saturated rings. The molecule has 7 heteroatoms. The topological polar surface area (TPSA) is 81.8 Å². The Kier molecular flexibility index (Phi) is 5.76. The van der Waals surface area contributed by atoms with E-state index in [0.29, 0.717) is 35.6 Å². The van der Waals surface area contributed by atoms with Crippen molar-refractivity contribution in [1.82, 2.24) is 9.80 Å². The Labute approximate surface area is 187 Å². The molecule has 0 saturated carbocycles. The lowest BCUT2D eigenvalue weighted by atomic mass is 10.0. The molecule has 0 radical (unpaired) electrons. The normalized spacial score (nSPS) is 17.9. The molecule has 0 aromatic heterocycles. The van der Waals surface area contributed by atoms with Crippen LogP contribution >= 0.6 is 0 Å². The molecule has 1 aliphatic carbocycles. The summed E-state index contributed by atoms with van der Waals surface area (Å²) in [7, 11) is 0. The average molecular weight is 433 g/mol. The van der Waals surface area contributed by atoms with Gasteiger partial charge in [-0.3, -0.25) is 24.2 Å². The molecular weight excluding hydrogens is 404 g/mol. The van der Waals surface area contributed by atoms with Gasteiger partial charge in [-0.15, -0.1) is 0 Å². The van der Waals surface area contributed by atoms with Crippen molar-refractivity contribution in [2.24, 2.45) is 0 Å². The first-order chi connectivity index (χ1) is 15.6. The highest BCUT2D eigenvalue weighted by atomic mass is 16.2. The van der Waals surface area contributed by atoms with Crippen LogP contribution in [0.4, 0.5) is 11.4 Å². The molecule has 2 saturated heterocycles. The molecule has 166 valence electrons. The van der Waals surface area contributed by atoms with Crippen molar-refractivity contribution in [1.29, 1.82) is 0 Å². The molecule has 7 nitrogen and oxygen atoms in total. The fourth-order valence-electron chi connectivity index (χ4n) is 4.92. The quantitative estimate of drug-likeness (QED) is 0.626. The van der Waals surface area contributed by atoms with Crippen molar-refractivity contribution in [3.63, 3.8) is 0 Å². The number of nitrogens with zero attached hydrogens (tertiary/aromatic N) is 2. The largest absolute Gasteiger partial charge is 0.325 e. The molecule has 0 atom stereocenters. The molecule has 5 rings (SSSR count). The van der Waals surface area contributed by atoms with Gasteiger partial charge < -0.3 is 10.6 Å². The smallest absolute Gasteiger partial charge is 0.238 e. The maximum absolute atomic E-state index is 13.1. The van der Waals surface area contributed by atoms with E-state index in [1.165, 1.54) is 0 Å². The van der Waals surface area contributed by atoms with Crippen LogP contribution in [0.1, 0.15) is 41.6 Å². The third kappa shape index (κ3) is 4.31. The summed E-state index contributed by atoms with van der Waals surface area (Å²) in [5, 5.41) is 5.85. The third-order valence-electron chi connectivity index (χ3n) is 6.52. The van der Waals surface area contributed by atoms with E-state index >= 15 is 0 Å². The Morgan fingerprint density at radius 2 is 1.06 bits per heavy atom. The maximum atomic E-state index is 13.1. The van der Waals surface area contributed by atoms with E-state index in [1.807, 2.05) is 24.3 Å². The molecule has 2 aromatic carbocycles. The lowest BCUT2D eigenvalue weighted by molar-refractivity contribution is -0.117. The number of amides is 2. The van der Waals surface area contributed by atoms with Crippen molar-refractivity contribution >= 4 is 29.0 Å². The van der Waals surface area contributed by atoms with Gasteiger partial charge in [-0.2, -0.15) is 0 Å². The van der Waals surface area contributed by atoms with Gasteiger partial charge in [-0.25, -0.2) is 0 Å². The fraction of sp³-hybridized carbons (Fsp3) is 0.400. The molecule has 2 aliphatic heterocycles. The van der Waals surface area contributed by atoms with E-state index < -0.39 is 0 Å². The minimum Gasteiger partial charge on any atom is -0.325 e. The monoisotopic (exact) mass is 432 g/mol. The number of hydrogen-bond donors (Lipinski definition) is 2. The molecular formula is C25H28N4O3. The summed E-state index contributed by atoms with van der Waals surface area (Å²) in [5.41, 5.74) is 4.15. The highest BCUT2D eigenvalue weighted by Gasteiger charge is 2.28. The Morgan fingerprint density at radius 1 is 0.656 bits per heavy atom. The van der Waals surface area contributed by atoms with Crippen molar-refractivity contribution in [3.8, 4) is 11.1 Å². The van der Waals surface area contributed by atoms with E-state index in [0.717, 1.165) is 63.0 Å².